The number of amides is 1. The molecule has 224 valence electrons. The van der Waals surface area contributed by atoms with Gasteiger partial charge in [0, 0.05) is 19.0 Å². The second-order valence-electron chi connectivity index (χ2n) is 11.4. The predicted octanol–water partition coefficient (Wildman–Crippen LogP) is 7.18. The smallest absolute Gasteiger partial charge is 0.434 e. The van der Waals surface area contributed by atoms with Crippen LogP contribution in [0.25, 0.3) is 16.4 Å². The molecule has 1 aliphatic carbocycles. The van der Waals surface area contributed by atoms with Crippen LogP contribution in [-0.2, 0) is 17.4 Å². The van der Waals surface area contributed by atoms with Crippen LogP contribution >= 0.6 is 11.3 Å². The van der Waals surface area contributed by atoms with Gasteiger partial charge in [-0.05, 0) is 84.2 Å². The normalized spacial score (nSPS) is 16.8. The lowest BCUT2D eigenvalue weighted by Crippen LogP contribution is -2.38. The van der Waals surface area contributed by atoms with E-state index in [9.17, 15) is 27.9 Å². The van der Waals surface area contributed by atoms with E-state index in [2.05, 4.69) is 41.3 Å². The average molecular weight is 609 g/mol. The van der Waals surface area contributed by atoms with Crippen molar-refractivity contribution in [2.24, 2.45) is 5.92 Å². The number of nitrogens with zero attached hydrogens (tertiary/aromatic N) is 4. The number of carbonyl (C=O) groups excluding carboxylic acids is 1. The van der Waals surface area contributed by atoms with Gasteiger partial charge in [0.05, 0.1) is 16.8 Å². The SMILES string of the molecule is CC(Cc1ccc(C2CCN(C(=O)C3CC3)CC2)cc1)c1ccsc1-c1cccc(-n2ncc(C(=O)O)c2C(F)(F)F)n1. The molecule has 1 aromatic carbocycles. The summed E-state index contributed by atoms with van der Waals surface area (Å²) in [5.74, 6) is -0.645. The minimum absolute atomic E-state index is 0.109. The van der Waals surface area contributed by atoms with Crippen molar-refractivity contribution in [1.29, 1.82) is 0 Å². The zero-order valence-corrected chi connectivity index (χ0v) is 24.4. The minimum atomic E-state index is -4.92. The first-order valence-corrected chi connectivity index (χ1v) is 15.3. The lowest BCUT2D eigenvalue weighted by atomic mass is 9.87. The highest BCUT2D eigenvalue weighted by Gasteiger charge is 2.41. The quantitative estimate of drug-likeness (QED) is 0.229. The summed E-state index contributed by atoms with van der Waals surface area (Å²) in [6.07, 6.45) is 0.598. The third kappa shape index (κ3) is 6.08. The number of halogens is 3. The van der Waals surface area contributed by atoms with Gasteiger partial charge in [-0.2, -0.15) is 18.3 Å². The summed E-state index contributed by atoms with van der Waals surface area (Å²) < 4.78 is 41.9. The van der Waals surface area contributed by atoms with Gasteiger partial charge >= 0.3 is 12.1 Å². The van der Waals surface area contributed by atoms with Crippen LogP contribution in [0.1, 0.15) is 77.2 Å². The molecule has 0 spiro atoms. The molecule has 2 aliphatic rings. The van der Waals surface area contributed by atoms with Gasteiger partial charge in [-0.25, -0.2) is 14.5 Å². The number of likely N-dealkylation sites (tertiary alicyclic amines) is 1. The third-order valence-corrected chi connectivity index (χ3v) is 9.36. The lowest BCUT2D eigenvalue weighted by Gasteiger charge is -2.32. The van der Waals surface area contributed by atoms with Crippen molar-refractivity contribution in [3.05, 3.63) is 88.1 Å². The fraction of sp³-hybridized carbons (Fsp3) is 0.375. The number of carboxylic acids is 1. The maximum Gasteiger partial charge on any atom is 0.434 e. The molecule has 1 saturated heterocycles. The zero-order chi connectivity index (χ0) is 30.3. The topological polar surface area (TPSA) is 88.3 Å². The summed E-state index contributed by atoms with van der Waals surface area (Å²) >= 11 is 1.46. The van der Waals surface area contributed by atoms with E-state index in [1.54, 1.807) is 12.1 Å². The molecule has 6 rings (SSSR count). The summed E-state index contributed by atoms with van der Waals surface area (Å²) in [7, 11) is 0. The number of carbonyl (C=O) groups is 2. The first-order valence-electron chi connectivity index (χ1n) is 14.4. The van der Waals surface area contributed by atoms with E-state index in [1.807, 2.05) is 16.3 Å². The van der Waals surface area contributed by atoms with E-state index < -0.39 is 23.4 Å². The maximum absolute atomic E-state index is 13.8. The fourth-order valence-electron chi connectivity index (χ4n) is 5.95. The molecule has 43 heavy (non-hydrogen) atoms. The van der Waals surface area contributed by atoms with Crippen molar-refractivity contribution in [2.75, 3.05) is 13.1 Å². The Morgan fingerprint density at radius 3 is 2.42 bits per heavy atom. The Morgan fingerprint density at radius 2 is 1.77 bits per heavy atom. The molecule has 4 aromatic rings. The summed E-state index contributed by atoms with van der Waals surface area (Å²) in [4.78, 5) is 31.1. The molecule has 1 atom stereocenters. The van der Waals surface area contributed by atoms with Gasteiger partial charge in [-0.15, -0.1) is 11.3 Å². The molecule has 1 N–H and O–H groups in total. The average Bonchev–Trinajstić information content (AvgIpc) is 3.53. The molecule has 1 amide bonds. The van der Waals surface area contributed by atoms with Gasteiger partial charge < -0.3 is 10.0 Å². The third-order valence-electron chi connectivity index (χ3n) is 8.41. The van der Waals surface area contributed by atoms with E-state index in [0.29, 0.717) is 28.4 Å². The Morgan fingerprint density at radius 1 is 1.05 bits per heavy atom. The lowest BCUT2D eigenvalue weighted by molar-refractivity contribution is -0.143. The van der Waals surface area contributed by atoms with E-state index in [0.717, 1.165) is 55.6 Å². The predicted molar refractivity (Wildman–Crippen MR) is 156 cm³/mol. The number of hydrogen-bond acceptors (Lipinski definition) is 5. The molecule has 1 unspecified atom stereocenters. The number of piperidine rings is 1. The molecule has 11 heteroatoms. The Balaban J connectivity index is 1.16. The summed E-state index contributed by atoms with van der Waals surface area (Å²) in [5, 5.41) is 14.9. The van der Waals surface area contributed by atoms with Crippen LogP contribution in [0.5, 0.6) is 0 Å². The number of carboxylic acid groups (broad SMARTS) is 1. The highest BCUT2D eigenvalue weighted by atomic mass is 32.1. The highest BCUT2D eigenvalue weighted by molar-refractivity contribution is 7.13. The number of rotatable bonds is 8. The molecular formula is C32H31F3N4O3S. The number of aromatic carboxylic acids is 1. The number of aromatic nitrogens is 3. The van der Waals surface area contributed by atoms with Crippen LogP contribution < -0.4 is 0 Å². The van der Waals surface area contributed by atoms with Crippen molar-refractivity contribution in [3.8, 4) is 16.4 Å². The van der Waals surface area contributed by atoms with Crippen molar-refractivity contribution in [3.63, 3.8) is 0 Å². The first-order chi connectivity index (χ1) is 20.6. The number of thiophene rings is 1. The molecule has 2 fully saturated rings. The van der Waals surface area contributed by atoms with Gasteiger partial charge in [0.15, 0.2) is 11.5 Å². The number of benzene rings is 1. The Hall–Kier alpha value is -3.99. The molecule has 7 nitrogen and oxygen atoms in total. The van der Waals surface area contributed by atoms with Crippen molar-refractivity contribution in [2.45, 2.75) is 57.0 Å². The fourth-order valence-corrected chi connectivity index (χ4v) is 6.94. The van der Waals surface area contributed by atoms with E-state index in [-0.39, 0.29) is 17.7 Å². The number of alkyl halides is 3. The standard InChI is InChI=1S/C32H31F3N4O3S/c1-19(17-20-5-7-21(8-6-20)22-11-14-38(15-12-22)30(40)23-9-10-23)24-13-16-43-28(24)26-3-2-4-27(37-26)39-29(32(33,34)35)25(18-36-39)31(41)42/h2-8,13,16,18-19,22-23H,9-12,14-15,17H2,1H3,(H,41,42). The zero-order valence-electron chi connectivity index (χ0n) is 23.6. The summed E-state index contributed by atoms with van der Waals surface area (Å²) in [5.41, 5.74) is 1.72. The van der Waals surface area contributed by atoms with Gasteiger partial charge in [-0.1, -0.05) is 37.3 Å². The Bertz CT molecular complexity index is 1630. The maximum atomic E-state index is 13.8. The van der Waals surface area contributed by atoms with Crippen LogP contribution in [0, 0.1) is 5.92 Å². The second kappa shape index (κ2) is 11.6. The molecule has 0 radical (unpaired) electrons. The number of hydrogen-bond donors (Lipinski definition) is 1. The second-order valence-corrected chi connectivity index (χ2v) is 12.3. The molecule has 3 aromatic heterocycles. The van der Waals surface area contributed by atoms with Gasteiger partial charge in [0.1, 0.15) is 5.56 Å². The van der Waals surface area contributed by atoms with Crippen molar-refractivity contribution < 1.29 is 27.9 Å². The van der Waals surface area contributed by atoms with Gasteiger partial charge in [0.25, 0.3) is 0 Å². The van der Waals surface area contributed by atoms with Crippen LogP contribution in [-0.4, -0.2) is 49.7 Å². The first kappa shape index (κ1) is 29.1. The summed E-state index contributed by atoms with van der Waals surface area (Å²) in [6, 6.07) is 15.4. The highest BCUT2D eigenvalue weighted by Crippen LogP contribution is 2.38. The minimum Gasteiger partial charge on any atom is -0.478 e. The molecular weight excluding hydrogens is 577 g/mol. The van der Waals surface area contributed by atoms with Crippen LogP contribution in [0.3, 0.4) is 0 Å². The Labute approximate surface area is 251 Å². The summed E-state index contributed by atoms with van der Waals surface area (Å²) in [6.45, 7) is 3.77. The largest absolute Gasteiger partial charge is 0.478 e. The molecule has 1 aliphatic heterocycles. The molecule has 1 saturated carbocycles. The van der Waals surface area contributed by atoms with Crippen molar-refractivity contribution in [1.82, 2.24) is 19.7 Å². The molecule has 0 bridgehead atoms. The number of pyridine rings is 1. The van der Waals surface area contributed by atoms with Gasteiger partial charge in [-0.3, -0.25) is 4.79 Å². The monoisotopic (exact) mass is 608 g/mol. The Kier molecular flexibility index (Phi) is 7.85. The van der Waals surface area contributed by atoms with Crippen LogP contribution in [0.2, 0.25) is 0 Å². The van der Waals surface area contributed by atoms with Crippen LogP contribution in [0.15, 0.2) is 60.1 Å². The van der Waals surface area contributed by atoms with Crippen LogP contribution in [0.4, 0.5) is 13.2 Å². The van der Waals surface area contributed by atoms with E-state index >= 15 is 0 Å². The van der Waals surface area contributed by atoms with Crippen molar-refractivity contribution >= 4 is 23.2 Å². The van der Waals surface area contributed by atoms with Gasteiger partial charge in [0.2, 0.25) is 5.91 Å². The van der Waals surface area contributed by atoms with E-state index in [1.165, 1.54) is 28.5 Å². The molecule has 4 heterocycles. The van der Waals surface area contributed by atoms with E-state index in [4.69, 9.17) is 0 Å².